The van der Waals surface area contributed by atoms with E-state index in [0.29, 0.717) is 0 Å². The van der Waals surface area contributed by atoms with E-state index in [1.165, 1.54) is 0 Å². The van der Waals surface area contributed by atoms with Crippen molar-refractivity contribution in [3.8, 4) is 0 Å². The lowest BCUT2D eigenvalue weighted by Crippen LogP contribution is -2.61. The molecule has 0 spiro atoms. The zero-order valence-electron chi connectivity index (χ0n) is 13.6. The molecule has 10 heteroatoms. The molecule has 1 fully saturated rings. The fourth-order valence-corrected chi connectivity index (χ4v) is 2.18. The van der Waals surface area contributed by atoms with Crippen molar-refractivity contribution in [3.05, 3.63) is 0 Å². The minimum atomic E-state index is -2.18. The fourth-order valence-electron chi connectivity index (χ4n) is 2.18. The maximum atomic E-state index is 14.2. The number of carbonyl (C=O) groups is 4. The molecule has 136 valence electrons. The summed E-state index contributed by atoms with van der Waals surface area (Å²) < 4.78 is 38.7. The van der Waals surface area contributed by atoms with Crippen molar-refractivity contribution in [2.75, 3.05) is 6.61 Å². The highest BCUT2D eigenvalue weighted by Gasteiger charge is 2.52. The summed E-state index contributed by atoms with van der Waals surface area (Å²) in [5.41, 5.74) is 0. The van der Waals surface area contributed by atoms with Crippen LogP contribution in [-0.2, 0) is 42.9 Å². The number of ether oxygens (including phenoxy) is 5. The lowest BCUT2D eigenvalue weighted by Gasteiger charge is -2.41. The lowest BCUT2D eigenvalue weighted by molar-refractivity contribution is -0.277. The first-order valence-electron chi connectivity index (χ1n) is 7.06. The second-order valence-corrected chi connectivity index (χ2v) is 5.05. The van der Waals surface area contributed by atoms with Crippen LogP contribution in [0.3, 0.4) is 0 Å². The molecular weight excluding hydrogens is 331 g/mol. The van der Waals surface area contributed by atoms with Crippen LogP contribution in [0.5, 0.6) is 0 Å². The van der Waals surface area contributed by atoms with Crippen LogP contribution in [0, 0.1) is 0 Å². The second kappa shape index (κ2) is 8.57. The summed E-state index contributed by atoms with van der Waals surface area (Å²) in [6.45, 7) is 3.85. The summed E-state index contributed by atoms with van der Waals surface area (Å²) >= 11 is 0. The third-order valence-electron chi connectivity index (χ3n) is 2.93. The van der Waals surface area contributed by atoms with Crippen molar-refractivity contribution in [3.63, 3.8) is 0 Å². The Morgan fingerprint density at radius 3 is 1.71 bits per heavy atom. The molecule has 24 heavy (non-hydrogen) atoms. The van der Waals surface area contributed by atoms with Crippen LogP contribution in [0.15, 0.2) is 0 Å². The summed E-state index contributed by atoms with van der Waals surface area (Å²) in [6, 6.07) is 0. The quantitative estimate of drug-likeness (QED) is 0.500. The zero-order valence-corrected chi connectivity index (χ0v) is 13.6. The molecule has 0 aliphatic carbocycles. The molecule has 1 saturated heterocycles. The lowest BCUT2D eigenvalue weighted by atomic mass is 9.98. The highest BCUT2D eigenvalue weighted by molar-refractivity contribution is 5.68. The summed E-state index contributed by atoms with van der Waals surface area (Å²) in [5.74, 6) is -3.09. The van der Waals surface area contributed by atoms with Gasteiger partial charge in [-0.15, -0.1) is 0 Å². The van der Waals surface area contributed by atoms with Crippen LogP contribution in [0.4, 0.5) is 4.39 Å². The number of carbonyl (C=O) groups excluding carboxylic acids is 4. The van der Waals surface area contributed by atoms with E-state index in [-0.39, 0.29) is 0 Å². The predicted molar refractivity (Wildman–Crippen MR) is 73.1 cm³/mol. The molecule has 1 aliphatic heterocycles. The van der Waals surface area contributed by atoms with Gasteiger partial charge in [0.05, 0.1) is 0 Å². The number of hydrogen-bond acceptors (Lipinski definition) is 9. The van der Waals surface area contributed by atoms with Gasteiger partial charge in [-0.2, -0.15) is 0 Å². The Morgan fingerprint density at radius 2 is 1.25 bits per heavy atom. The Balaban J connectivity index is 3.11. The number of alkyl halides is 1. The SMILES string of the molecule is CC(=O)OC[C@@H]1O[C@@H](F)[C@@H](OC(C)=O)[C@@H](OC(C)=O)[C@@H]1OC(C)=O. The topological polar surface area (TPSA) is 114 Å². The molecule has 0 amide bonds. The number of hydrogen-bond donors (Lipinski definition) is 0. The average Bonchev–Trinajstić information content (AvgIpc) is 2.42. The molecule has 0 unspecified atom stereocenters. The van der Waals surface area contributed by atoms with Gasteiger partial charge in [-0.3, -0.25) is 19.2 Å². The van der Waals surface area contributed by atoms with E-state index in [9.17, 15) is 23.6 Å². The van der Waals surface area contributed by atoms with Gasteiger partial charge in [0.25, 0.3) is 0 Å². The first-order valence-corrected chi connectivity index (χ1v) is 7.06. The molecule has 0 saturated carbocycles. The van der Waals surface area contributed by atoms with E-state index < -0.39 is 61.3 Å². The molecule has 0 aromatic carbocycles. The molecule has 1 heterocycles. The molecule has 1 rings (SSSR count). The standard InChI is InChI=1S/C14H19FO9/c1-6(16)20-5-10-11(21-7(2)17)12(22-8(3)18)13(14(15)24-10)23-9(4)19/h10-14H,5H2,1-4H3/t10-,11+,12-,13-,14+/m0/s1. The summed E-state index contributed by atoms with van der Waals surface area (Å²) in [5, 5.41) is 0. The molecule has 5 atom stereocenters. The van der Waals surface area contributed by atoms with E-state index in [1.54, 1.807) is 0 Å². The van der Waals surface area contributed by atoms with Gasteiger partial charge in [-0.1, -0.05) is 0 Å². The van der Waals surface area contributed by atoms with Gasteiger partial charge in [0, 0.05) is 27.7 Å². The van der Waals surface area contributed by atoms with Crippen LogP contribution in [0.2, 0.25) is 0 Å². The predicted octanol–water partition coefficient (Wildman–Crippen LogP) is 0.0390. The maximum Gasteiger partial charge on any atom is 0.303 e. The maximum absolute atomic E-state index is 14.2. The number of esters is 4. The highest BCUT2D eigenvalue weighted by Crippen LogP contribution is 2.29. The molecule has 0 N–H and O–H groups in total. The van der Waals surface area contributed by atoms with Gasteiger partial charge >= 0.3 is 23.9 Å². The molecule has 0 bridgehead atoms. The largest absolute Gasteiger partial charge is 0.463 e. The van der Waals surface area contributed by atoms with Crippen molar-refractivity contribution < 1.29 is 47.3 Å². The summed E-state index contributed by atoms with van der Waals surface area (Å²) in [7, 11) is 0. The third-order valence-corrected chi connectivity index (χ3v) is 2.93. The third kappa shape index (κ3) is 5.76. The van der Waals surface area contributed by atoms with Gasteiger partial charge in [-0.25, -0.2) is 4.39 Å². The van der Waals surface area contributed by atoms with Gasteiger partial charge in [-0.05, 0) is 0 Å². The van der Waals surface area contributed by atoms with Crippen molar-refractivity contribution in [1.82, 2.24) is 0 Å². The minimum Gasteiger partial charge on any atom is -0.463 e. The van der Waals surface area contributed by atoms with E-state index in [0.717, 1.165) is 27.7 Å². The van der Waals surface area contributed by atoms with Crippen LogP contribution in [0.25, 0.3) is 0 Å². The van der Waals surface area contributed by atoms with E-state index in [4.69, 9.17) is 23.7 Å². The molecule has 0 aromatic heterocycles. The van der Waals surface area contributed by atoms with Gasteiger partial charge < -0.3 is 23.7 Å². The second-order valence-electron chi connectivity index (χ2n) is 5.05. The van der Waals surface area contributed by atoms with Crippen LogP contribution < -0.4 is 0 Å². The first kappa shape index (κ1) is 19.8. The van der Waals surface area contributed by atoms with Gasteiger partial charge in [0.15, 0.2) is 18.3 Å². The molecule has 0 radical (unpaired) electrons. The Hall–Kier alpha value is -2.23. The van der Waals surface area contributed by atoms with Crippen molar-refractivity contribution >= 4 is 23.9 Å². The summed E-state index contributed by atoms with van der Waals surface area (Å²) in [4.78, 5) is 44.7. The van der Waals surface area contributed by atoms with E-state index >= 15 is 0 Å². The van der Waals surface area contributed by atoms with Crippen LogP contribution in [-0.4, -0.2) is 61.3 Å². The fraction of sp³-hybridized carbons (Fsp3) is 0.714. The normalized spacial score (nSPS) is 29.3. The van der Waals surface area contributed by atoms with Crippen LogP contribution in [0.1, 0.15) is 27.7 Å². The minimum absolute atomic E-state index is 0.446. The van der Waals surface area contributed by atoms with Gasteiger partial charge in [0.1, 0.15) is 12.7 Å². The monoisotopic (exact) mass is 350 g/mol. The van der Waals surface area contributed by atoms with Crippen molar-refractivity contribution in [1.29, 1.82) is 0 Å². The number of halogens is 1. The first-order chi connectivity index (χ1) is 11.1. The van der Waals surface area contributed by atoms with Crippen molar-refractivity contribution in [2.24, 2.45) is 0 Å². The Bertz CT molecular complexity index is 506. The Kier molecular flexibility index (Phi) is 7.08. The van der Waals surface area contributed by atoms with Gasteiger partial charge in [0.2, 0.25) is 6.36 Å². The van der Waals surface area contributed by atoms with E-state index in [2.05, 4.69) is 0 Å². The van der Waals surface area contributed by atoms with Crippen LogP contribution >= 0.6 is 0 Å². The smallest absolute Gasteiger partial charge is 0.303 e. The molecule has 0 aromatic rings. The number of rotatable bonds is 5. The molecule has 9 nitrogen and oxygen atoms in total. The Morgan fingerprint density at radius 1 is 0.792 bits per heavy atom. The average molecular weight is 350 g/mol. The Labute approximate surface area is 137 Å². The zero-order chi connectivity index (χ0) is 18.4. The van der Waals surface area contributed by atoms with Crippen molar-refractivity contribution in [2.45, 2.75) is 58.5 Å². The summed E-state index contributed by atoms with van der Waals surface area (Å²) in [6.07, 6.45) is -7.85. The molecular formula is C14H19FO9. The molecule has 1 aliphatic rings. The van der Waals surface area contributed by atoms with E-state index in [1.807, 2.05) is 0 Å². The highest BCUT2D eigenvalue weighted by atomic mass is 19.1.